The Labute approximate surface area is 151 Å². The van der Waals surface area contributed by atoms with Crippen molar-refractivity contribution in [2.24, 2.45) is 5.41 Å². The number of likely N-dealkylation sites (tertiary alicyclic amines) is 1. The lowest BCUT2D eigenvalue weighted by Gasteiger charge is -2.33. The van der Waals surface area contributed by atoms with Crippen LogP contribution in [-0.2, 0) is 11.3 Å². The molecule has 138 valence electrons. The summed E-state index contributed by atoms with van der Waals surface area (Å²) < 4.78 is 0. The van der Waals surface area contributed by atoms with Gasteiger partial charge in [-0.05, 0) is 62.9 Å². The van der Waals surface area contributed by atoms with Crippen LogP contribution >= 0.6 is 0 Å². The average molecular weight is 345 g/mol. The van der Waals surface area contributed by atoms with Crippen molar-refractivity contribution in [3.63, 3.8) is 0 Å². The highest BCUT2D eigenvalue weighted by Crippen LogP contribution is 2.41. The Balaban J connectivity index is 1.70. The molecule has 2 aliphatic heterocycles. The van der Waals surface area contributed by atoms with E-state index in [1.807, 2.05) is 12.3 Å². The minimum absolute atomic E-state index is 0.0339. The van der Waals surface area contributed by atoms with E-state index >= 15 is 0 Å². The number of amides is 1. The number of hydrogen-bond donors (Lipinski definition) is 1. The second-order valence-electron chi connectivity index (χ2n) is 7.86. The fraction of sp³-hybridized carbons (Fsp3) is 0.700. The van der Waals surface area contributed by atoms with Crippen LogP contribution in [0.15, 0.2) is 24.5 Å². The largest absolute Gasteiger partial charge is 0.337 e. The first-order valence-electron chi connectivity index (χ1n) is 9.72. The van der Waals surface area contributed by atoms with E-state index in [-0.39, 0.29) is 6.04 Å². The van der Waals surface area contributed by atoms with Crippen molar-refractivity contribution in [1.29, 1.82) is 0 Å². The number of rotatable bonds is 6. The number of hydrogen-bond acceptors (Lipinski definition) is 4. The normalized spacial score (nSPS) is 23.0. The first-order valence-corrected chi connectivity index (χ1v) is 9.72. The van der Waals surface area contributed by atoms with Crippen molar-refractivity contribution in [2.75, 3.05) is 33.2 Å². The van der Waals surface area contributed by atoms with E-state index in [1.165, 1.54) is 12.8 Å². The first kappa shape index (κ1) is 18.3. The number of piperidine rings is 1. The molecule has 2 saturated heterocycles. The van der Waals surface area contributed by atoms with Gasteiger partial charge in [0.05, 0.1) is 6.04 Å². The van der Waals surface area contributed by atoms with Crippen molar-refractivity contribution in [3.8, 4) is 0 Å². The number of carbonyl (C=O) groups is 1. The van der Waals surface area contributed by atoms with Gasteiger partial charge in [0.25, 0.3) is 0 Å². The lowest BCUT2D eigenvalue weighted by molar-refractivity contribution is -0.136. The fourth-order valence-corrected chi connectivity index (χ4v) is 4.40. The van der Waals surface area contributed by atoms with E-state index in [0.717, 1.165) is 51.0 Å². The van der Waals surface area contributed by atoms with Crippen LogP contribution in [0.3, 0.4) is 0 Å². The molecule has 1 spiro atoms. The molecule has 0 bridgehead atoms. The van der Waals surface area contributed by atoms with Gasteiger partial charge >= 0.3 is 0 Å². The van der Waals surface area contributed by atoms with Gasteiger partial charge in [-0.1, -0.05) is 19.4 Å². The summed E-state index contributed by atoms with van der Waals surface area (Å²) in [6.07, 6.45) is 9.22. The van der Waals surface area contributed by atoms with Gasteiger partial charge in [-0.2, -0.15) is 0 Å². The van der Waals surface area contributed by atoms with Gasteiger partial charge in [0, 0.05) is 32.0 Å². The second-order valence-corrected chi connectivity index (χ2v) is 7.86. The fourth-order valence-electron chi connectivity index (χ4n) is 4.40. The van der Waals surface area contributed by atoms with Crippen LogP contribution in [0, 0.1) is 5.41 Å². The van der Waals surface area contributed by atoms with Gasteiger partial charge in [0.15, 0.2) is 0 Å². The molecule has 0 aliphatic carbocycles. The van der Waals surface area contributed by atoms with E-state index in [4.69, 9.17) is 0 Å². The Kier molecular flexibility index (Phi) is 6.07. The summed E-state index contributed by atoms with van der Waals surface area (Å²) in [6, 6.07) is 4.04. The number of nitrogens with one attached hydrogen (secondary N) is 1. The van der Waals surface area contributed by atoms with Crippen molar-refractivity contribution in [2.45, 2.75) is 51.6 Å². The highest BCUT2D eigenvalue weighted by Gasteiger charge is 2.46. The van der Waals surface area contributed by atoms with Gasteiger partial charge in [-0.3, -0.25) is 14.7 Å². The highest BCUT2D eigenvalue weighted by molar-refractivity contribution is 5.82. The quantitative estimate of drug-likeness (QED) is 0.860. The van der Waals surface area contributed by atoms with Crippen LogP contribution in [0.4, 0.5) is 0 Å². The van der Waals surface area contributed by atoms with Crippen molar-refractivity contribution >= 4 is 5.91 Å². The number of unbranched alkanes of at least 4 members (excludes halogenated alkanes) is 1. The molecule has 0 saturated carbocycles. The molecule has 0 unspecified atom stereocenters. The molecule has 1 atom stereocenters. The summed E-state index contributed by atoms with van der Waals surface area (Å²) in [4.78, 5) is 21.9. The Morgan fingerprint density at radius 2 is 2.24 bits per heavy atom. The zero-order valence-corrected chi connectivity index (χ0v) is 15.7. The number of likely N-dealkylation sites (N-methyl/N-ethyl adjacent to an activating group) is 1. The molecule has 25 heavy (non-hydrogen) atoms. The standard InChI is InChI=1S/C20H32N4O/c1-3-4-12-24(15-17-6-5-9-22-14-17)19(25)18-13-20(16-23(18)2)7-10-21-11-8-20/h5-6,9,14,18,21H,3-4,7-8,10-13,15-16H2,1-2H3/t18-/m0/s1. The molecule has 1 amide bonds. The average Bonchev–Trinajstić information content (AvgIpc) is 2.95. The Morgan fingerprint density at radius 1 is 1.44 bits per heavy atom. The molecular formula is C20H32N4O. The molecule has 3 heterocycles. The lowest BCUT2D eigenvalue weighted by atomic mass is 9.77. The third-order valence-electron chi connectivity index (χ3n) is 5.88. The summed E-state index contributed by atoms with van der Waals surface area (Å²) in [5, 5.41) is 3.46. The molecule has 1 aromatic heterocycles. The summed E-state index contributed by atoms with van der Waals surface area (Å²) in [5.74, 6) is 0.301. The van der Waals surface area contributed by atoms with Gasteiger partial charge in [-0.15, -0.1) is 0 Å². The van der Waals surface area contributed by atoms with Gasteiger partial charge in [0.1, 0.15) is 0 Å². The van der Waals surface area contributed by atoms with Gasteiger partial charge < -0.3 is 10.2 Å². The summed E-state index contributed by atoms with van der Waals surface area (Å²) >= 11 is 0. The maximum absolute atomic E-state index is 13.3. The molecule has 2 aliphatic rings. The van der Waals surface area contributed by atoms with E-state index in [9.17, 15) is 4.79 Å². The summed E-state index contributed by atoms with van der Waals surface area (Å²) in [7, 11) is 2.13. The van der Waals surface area contributed by atoms with Crippen molar-refractivity contribution in [1.82, 2.24) is 20.1 Å². The van der Waals surface area contributed by atoms with E-state index < -0.39 is 0 Å². The third-order valence-corrected chi connectivity index (χ3v) is 5.88. The van der Waals surface area contributed by atoms with Crippen molar-refractivity contribution < 1.29 is 4.79 Å². The topological polar surface area (TPSA) is 48.5 Å². The number of nitrogens with zero attached hydrogens (tertiary/aromatic N) is 3. The maximum atomic E-state index is 13.3. The smallest absolute Gasteiger partial charge is 0.240 e. The number of pyridine rings is 1. The SMILES string of the molecule is CCCCN(Cc1cccnc1)C(=O)[C@@H]1CC2(CCNCC2)CN1C. The summed E-state index contributed by atoms with van der Waals surface area (Å²) in [6.45, 7) is 6.92. The molecule has 3 rings (SSSR count). The maximum Gasteiger partial charge on any atom is 0.240 e. The highest BCUT2D eigenvalue weighted by atomic mass is 16.2. The van der Waals surface area contributed by atoms with Gasteiger partial charge in [0.2, 0.25) is 5.91 Å². The molecule has 0 radical (unpaired) electrons. The van der Waals surface area contributed by atoms with Crippen LogP contribution < -0.4 is 5.32 Å². The predicted molar refractivity (Wildman–Crippen MR) is 100 cm³/mol. The second kappa shape index (κ2) is 8.28. The molecule has 2 fully saturated rings. The van der Waals surface area contributed by atoms with Crippen LogP contribution in [0.1, 0.15) is 44.6 Å². The number of aromatic nitrogens is 1. The van der Waals surface area contributed by atoms with E-state index in [2.05, 4.69) is 40.1 Å². The zero-order valence-electron chi connectivity index (χ0n) is 15.7. The van der Waals surface area contributed by atoms with Gasteiger partial charge in [-0.25, -0.2) is 0 Å². The molecule has 0 aromatic carbocycles. The Bertz CT molecular complexity index is 556. The Morgan fingerprint density at radius 3 is 2.92 bits per heavy atom. The summed E-state index contributed by atoms with van der Waals surface area (Å²) in [5.41, 5.74) is 1.45. The van der Waals surface area contributed by atoms with Crippen LogP contribution in [0.25, 0.3) is 0 Å². The molecule has 5 nitrogen and oxygen atoms in total. The lowest BCUT2D eigenvalue weighted by Crippen LogP contribution is -2.44. The Hall–Kier alpha value is -1.46. The molecule has 1 aromatic rings. The van der Waals surface area contributed by atoms with E-state index in [1.54, 1.807) is 6.20 Å². The predicted octanol–water partition coefficient (Wildman–Crippen LogP) is 2.28. The van der Waals surface area contributed by atoms with E-state index in [0.29, 0.717) is 17.9 Å². The van der Waals surface area contributed by atoms with Crippen LogP contribution in [-0.4, -0.2) is 60.0 Å². The molecule has 5 heteroatoms. The van der Waals surface area contributed by atoms with Crippen molar-refractivity contribution in [3.05, 3.63) is 30.1 Å². The number of carbonyl (C=O) groups excluding carboxylic acids is 1. The first-order chi connectivity index (χ1) is 12.1. The minimum Gasteiger partial charge on any atom is -0.337 e. The van der Waals surface area contributed by atoms with Crippen LogP contribution in [0.5, 0.6) is 0 Å². The van der Waals surface area contributed by atoms with Crippen LogP contribution in [0.2, 0.25) is 0 Å². The zero-order chi connectivity index (χ0) is 17.7. The third kappa shape index (κ3) is 4.39. The monoisotopic (exact) mass is 344 g/mol. The molecule has 1 N–H and O–H groups in total. The minimum atomic E-state index is 0.0339. The molecular weight excluding hydrogens is 312 g/mol.